The maximum absolute atomic E-state index is 12.6. The third-order valence-electron chi connectivity index (χ3n) is 5.92. The van der Waals surface area contributed by atoms with Crippen molar-refractivity contribution in [1.29, 1.82) is 0 Å². The fourth-order valence-electron chi connectivity index (χ4n) is 4.59. The van der Waals surface area contributed by atoms with Gasteiger partial charge in [-0.25, -0.2) is 0 Å². The van der Waals surface area contributed by atoms with Crippen LogP contribution in [0, 0.1) is 11.8 Å². The molecule has 1 N–H and O–H groups in total. The Labute approximate surface area is 147 Å². The number of hydrogen-bond donors (Lipinski definition) is 1. The van der Waals surface area contributed by atoms with Gasteiger partial charge in [0.05, 0.1) is 18.1 Å². The Morgan fingerprint density at radius 1 is 1.12 bits per heavy atom. The van der Waals surface area contributed by atoms with E-state index >= 15 is 0 Å². The van der Waals surface area contributed by atoms with Crippen LogP contribution in [0.1, 0.15) is 46.0 Å². The molecule has 1 amide bonds. The van der Waals surface area contributed by atoms with Gasteiger partial charge in [-0.3, -0.25) is 9.69 Å². The van der Waals surface area contributed by atoms with Crippen molar-refractivity contribution in [3.05, 3.63) is 0 Å². The number of nitrogens with zero attached hydrogens (tertiary/aromatic N) is 2. The molecule has 138 valence electrons. The molecule has 0 aromatic rings. The third kappa shape index (κ3) is 4.93. The molecule has 0 saturated carbocycles. The molecular formula is C19H35N3O2. The van der Waals surface area contributed by atoms with Crippen LogP contribution in [0.15, 0.2) is 0 Å². The van der Waals surface area contributed by atoms with Crippen LogP contribution < -0.4 is 5.32 Å². The molecule has 0 spiro atoms. The summed E-state index contributed by atoms with van der Waals surface area (Å²) in [5, 5.41) is 3.36. The second kappa shape index (κ2) is 8.63. The van der Waals surface area contributed by atoms with Gasteiger partial charge in [-0.15, -0.1) is 0 Å². The van der Waals surface area contributed by atoms with Crippen LogP contribution in [0.25, 0.3) is 0 Å². The number of piperidine rings is 2. The van der Waals surface area contributed by atoms with E-state index in [-0.39, 0.29) is 5.92 Å². The Balaban J connectivity index is 1.36. The minimum Gasteiger partial charge on any atom is -0.373 e. The molecule has 3 aliphatic heterocycles. The topological polar surface area (TPSA) is 44.8 Å². The summed E-state index contributed by atoms with van der Waals surface area (Å²) in [7, 11) is 0. The summed E-state index contributed by atoms with van der Waals surface area (Å²) in [6, 6.07) is 0. The van der Waals surface area contributed by atoms with Crippen molar-refractivity contribution in [2.24, 2.45) is 11.8 Å². The number of rotatable bonds is 4. The fraction of sp³-hybridized carbons (Fsp3) is 0.947. The van der Waals surface area contributed by atoms with Crippen LogP contribution in [0.5, 0.6) is 0 Å². The Morgan fingerprint density at radius 2 is 1.83 bits per heavy atom. The van der Waals surface area contributed by atoms with E-state index in [0.717, 1.165) is 58.0 Å². The van der Waals surface area contributed by atoms with Gasteiger partial charge >= 0.3 is 0 Å². The lowest BCUT2D eigenvalue weighted by Gasteiger charge is -2.38. The summed E-state index contributed by atoms with van der Waals surface area (Å²) in [4.78, 5) is 17.3. The van der Waals surface area contributed by atoms with Crippen LogP contribution in [0.3, 0.4) is 0 Å². The summed E-state index contributed by atoms with van der Waals surface area (Å²) >= 11 is 0. The summed E-state index contributed by atoms with van der Waals surface area (Å²) in [6.07, 6.45) is 6.56. The highest BCUT2D eigenvalue weighted by Crippen LogP contribution is 2.24. The van der Waals surface area contributed by atoms with Gasteiger partial charge in [0.1, 0.15) is 0 Å². The minimum atomic E-state index is 0.228. The summed E-state index contributed by atoms with van der Waals surface area (Å²) < 4.78 is 5.82. The molecule has 3 saturated heterocycles. The monoisotopic (exact) mass is 337 g/mol. The van der Waals surface area contributed by atoms with Crippen molar-refractivity contribution in [1.82, 2.24) is 15.1 Å². The molecule has 5 heteroatoms. The van der Waals surface area contributed by atoms with E-state index in [1.54, 1.807) is 0 Å². The van der Waals surface area contributed by atoms with Gasteiger partial charge in [-0.2, -0.15) is 0 Å². The molecule has 3 atom stereocenters. The number of amides is 1. The molecule has 5 nitrogen and oxygen atoms in total. The molecule has 3 unspecified atom stereocenters. The lowest BCUT2D eigenvalue weighted by atomic mass is 9.91. The predicted molar refractivity (Wildman–Crippen MR) is 96.0 cm³/mol. The van der Waals surface area contributed by atoms with E-state index in [1.807, 2.05) is 0 Å². The number of carbonyl (C=O) groups excluding carboxylic acids is 1. The van der Waals surface area contributed by atoms with Gasteiger partial charge in [0.25, 0.3) is 0 Å². The van der Waals surface area contributed by atoms with Crippen LogP contribution in [-0.2, 0) is 9.53 Å². The van der Waals surface area contributed by atoms with E-state index in [0.29, 0.717) is 18.1 Å². The second-order valence-electron chi connectivity index (χ2n) is 8.12. The first-order valence-electron chi connectivity index (χ1n) is 9.99. The van der Waals surface area contributed by atoms with Gasteiger partial charge in [0.15, 0.2) is 0 Å². The molecule has 3 rings (SSSR count). The highest BCUT2D eigenvalue weighted by molar-refractivity contribution is 5.79. The van der Waals surface area contributed by atoms with E-state index in [1.165, 1.54) is 25.8 Å². The molecule has 0 aliphatic carbocycles. The van der Waals surface area contributed by atoms with Crippen molar-refractivity contribution in [2.75, 3.05) is 45.8 Å². The van der Waals surface area contributed by atoms with E-state index < -0.39 is 0 Å². The fourth-order valence-corrected chi connectivity index (χ4v) is 4.59. The van der Waals surface area contributed by atoms with Gasteiger partial charge in [0, 0.05) is 32.7 Å². The zero-order valence-corrected chi connectivity index (χ0v) is 15.5. The number of carbonyl (C=O) groups is 1. The highest BCUT2D eigenvalue weighted by atomic mass is 16.5. The Kier molecular flexibility index (Phi) is 6.53. The van der Waals surface area contributed by atoms with Crippen LogP contribution >= 0.6 is 0 Å². The second-order valence-corrected chi connectivity index (χ2v) is 8.12. The lowest BCUT2D eigenvalue weighted by Crippen LogP contribution is -2.47. The quantitative estimate of drug-likeness (QED) is 0.848. The van der Waals surface area contributed by atoms with Crippen molar-refractivity contribution in [3.63, 3.8) is 0 Å². The molecule has 3 aliphatic rings. The van der Waals surface area contributed by atoms with Crippen molar-refractivity contribution < 1.29 is 9.53 Å². The molecule has 3 fully saturated rings. The average molecular weight is 338 g/mol. The minimum absolute atomic E-state index is 0.228. The highest BCUT2D eigenvalue weighted by Gasteiger charge is 2.29. The molecular weight excluding hydrogens is 302 g/mol. The van der Waals surface area contributed by atoms with Gasteiger partial charge < -0.3 is 15.0 Å². The zero-order chi connectivity index (χ0) is 16.9. The molecule has 0 aromatic carbocycles. The molecule has 3 heterocycles. The molecule has 0 aromatic heterocycles. The number of hydrogen-bond acceptors (Lipinski definition) is 4. The molecule has 0 radical (unpaired) electrons. The predicted octanol–water partition coefficient (Wildman–Crippen LogP) is 1.72. The van der Waals surface area contributed by atoms with Gasteiger partial charge in [0.2, 0.25) is 5.91 Å². The number of nitrogens with one attached hydrogen (secondary N) is 1. The largest absolute Gasteiger partial charge is 0.373 e. The molecule has 0 bridgehead atoms. The Bertz CT molecular complexity index is 393. The van der Waals surface area contributed by atoms with E-state index in [4.69, 9.17) is 4.74 Å². The average Bonchev–Trinajstić information content (AvgIpc) is 2.60. The first kappa shape index (κ1) is 18.2. The van der Waals surface area contributed by atoms with Crippen LogP contribution in [-0.4, -0.2) is 73.7 Å². The Hall–Kier alpha value is -0.650. The smallest absolute Gasteiger partial charge is 0.226 e. The van der Waals surface area contributed by atoms with Crippen LogP contribution in [0.4, 0.5) is 0 Å². The third-order valence-corrected chi connectivity index (χ3v) is 5.92. The lowest BCUT2D eigenvalue weighted by molar-refractivity contribution is -0.137. The van der Waals surface area contributed by atoms with Gasteiger partial charge in [-0.1, -0.05) is 0 Å². The first-order chi connectivity index (χ1) is 11.6. The Morgan fingerprint density at radius 3 is 2.46 bits per heavy atom. The molecule has 24 heavy (non-hydrogen) atoms. The van der Waals surface area contributed by atoms with Crippen LogP contribution in [0.2, 0.25) is 0 Å². The maximum Gasteiger partial charge on any atom is 0.226 e. The SMILES string of the molecule is CC1CN(CCC2CCN(C(=O)C3CCCNC3)CC2)CC(C)O1. The van der Waals surface area contributed by atoms with Crippen molar-refractivity contribution in [3.8, 4) is 0 Å². The first-order valence-corrected chi connectivity index (χ1v) is 9.99. The summed E-state index contributed by atoms with van der Waals surface area (Å²) in [6.45, 7) is 11.6. The van der Waals surface area contributed by atoms with Crippen molar-refractivity contribution in [2.45, 2.75) is 58.2 Å². The normalized spacial score (nSPS) is 33.6. The number of morpholine rings is 1. The standard InChI is InChI=1S/C19H35N3O2/c1-15-13-21(14-16(2)24-15)9-5-17-6-10-22(11-7-17)19(23)18-4-3-8-20-12-18/h15-18,20H,3-14H2,1-2H3. The summed E-state index contributed by atoms with van der Waals surface area (Å²) in [5.41, 5.74) is 0. The number of likely N-dealkylation sites (tertiary alicyclic amines) is 1. The summed E-state index contributed by atoms with van der Waals surface area (Å²) in [5.74, 6) is 1.41. The number of ether oxygens (including phenoxy) is 1. The maximum atomic E-state index is 12.6. The van der Waals surface area contributed by atoms with Crippen molar-refractivity contribution >= 4 is 5.91 Å². The van der Waals surface area contributed by atoms with Gasteiger partial charge in [-0.05, 0) is 65.0 Å². The van der Waals surface area contributed by atoms with E-state index in [2.05, 4.69) is 29.0 Å². The zero-order valence-electron chi connectivity index (χ0n) is 15.5. The van der Waals surface area contributed by atoms with E-state index in [9.17, 15) is 4.79 Å².